The minimum Gasteiger partial charge on any atom is -0.391 e. The maximum absolute atomic E-state index is 12.8. The standard InChI is InChI=1S/C30H34ClN7O/c1-33-26(16-19-6-4-3-5-7-19)27-24(32)10-8-21-18-34-30(37-28(21)27)36-25-11-9-20(17-23(25)31)29(39)35-22-12-14-38(2)15-13-22/h3-7,9,11,17-18,22,32-33H,8,10,12-16H2,1-2H3,(H,35,39)(H,34,36,37)/b27-26+,32-24?. The quantitative estimate of drug-likeness (QED) is 0.340. The summed E-state index contributed by atoms with van der Waals surface area (Å²) in [4.78, 5) is 24.4. The lowest BCUT2D eigenvalue weighted by atomic mass is 9.88. The van der Waals surface area contributed by atoms with Crippen LogP contribution in [0.4, 0.5) is 11.6 Å². The van der Waals surface area contributed by atoms with Gasteiger partial charge in [-0.3, -0.25) is 4.79 Å². The van der Waals surface area contributed by atoms with Crippen LogP contribution in [0.2, 0.25) is 5.02 Å². The van der Waals surface area contributed by atoms with E-state index in [2.05, 4.69) is 45.0 Å². The molecule has 1 amide bonds. The monoisotopic (exact) mass is 543 g/mol. The van der Waals surface area contributed by atoms with Crippen molar-refractivity contribution < 1.29 is 4.79 Å². The lowest BCUT2D eigenvalue weighted by Gasteiger charge is -2.29. The Kier molecular flexibility index (Phi) is 8.24. The number of nitrogens with zero attached hydrogens (tertiary/aromatic N) is 3. The highest BCUT2D eigenvalue weighted by Crippen LogP contribution is 2.32. The smallest absolute Gasteiger partial charge is 0.251 e. The van der Waals surface area contributed by atoms with E-state index in [1.54, 1.807) is 18.2 Å². The van der Waals surface area contributed by atoms with Crippen molar-refractivity contribution in [2.45, 2.75) is 38.1 Å². The van der Waals surface area contributed by atoms with E-state index in [0.717, 1.165) is 60.4 Å². The predicted octanol–water partition coefficient (Wildman–Crippen LogP) is 4.84. The predicted molar refractivity (Wildman–Crippen MR) is 157 cm³/mol. The fraction of sp³-hybridized carbons (Fsp3) is 0.333. The van der Waals surface area contributed by atoms with Gasteiger partial charge >= 0.3 is 0 Å². The second kappa shape index (κ2) is 12.0. The van der Waals surface area contributed by atoms with Gasteiger partial charge in [-0.25, -0.2) is 9.97 Å². The highest BCUT2D eigenvalue weighted by atomic mass is 35.5. The van der Waals surface area contributed by atoms with E-state index in [1.807, 2.05) is 31.4 Å². The first-order chi connectivity index (χ1) is 18.9. The molecule has 0 bridgehead atoms. The number of hydrogen-bond acceptors (Lipinski definition) is 7. The lowest BCUT2D eigenvalue weighted by molar-refractivity contribution is 0.0917. The average Bonchev–Trinajstić information content (AvgIpc) is 2.95. The van der Waals surface area contributed by atoms with Gasteiger partial charge in [0.05, 0.1) is 16.4 Å². The number of aromatic nitrogens is 2. The van der Waals surface area contributed by atoms with E-state index in [9.17, 15) is 4.79 Å². The zero-order valence-corrected chi connectivity index (χ0v) is 23.1. The number of rotatable bonds is 7. The molecule has 202 valence electrons. The maximum atomic E-state index is 12.8. The topological polar surface area (TPSA) is 106 Å². The number of amides is 1. The summed E-state index contributed by atoms with van der Waals surface area (Å²) in [6, 6.07) is 15.6. The number of aryl methyl sites for hydroxylation is 1. The Labute approximate surface area is 234 Å². The molecule has 0 radical (unpaired) electrons. The second-order valence-electron chi connectivity index (χ2n) is 10.2. The molecule has 1 aliphatic carbocycles. The van der Waals surface area contributed by atoms with E-state index >= 15 is 0 Å². The van der Waals surface area contributed by atoms with E-state index in [1.165, 1.54) is 0 Å². The van der Waals surface area contributed by atoms with Crippen LogP contribution in [0.15, 0.2) is 60.4 Å². The van der Waals surface area contributed by atoms with Crippen molar-refractivity contribution in [3.63, 3.8) is 0 Å². The Hall–Kier alpha value is -3.75. The van der Waals surface area contributed by atoms with Crippen molar-refractivity contribution in [3.8, 4) is 0 Å². The number of carbonyl (C=O) groups is 1. The van der Waals surface area contributed by atoms with Gasteiger partial charge in [-0.2, -0.15) is 0 Å². The molecular weight excluding hydrogens is 510 g/mol. The minimum atomic E-state index is -0.116. The number of fused-ring (bicyclic) bond motifs is 1. The van der Waals surface area contributed by atoms with Crippen molar-refractivity contribution in [2.24, 2.45) is 0 Å². The molecular formula is C30H34ClN7O. The molecule has 9 heteroatoms. The van der Waals surface area contributed by atoms with Crippen molar-refractivity contribution >= 4 is 40.4 Å². The van der Waals surface area contributed by atoms with Gasteiger partial charge in [-0.15, -0.1) is 0 Å². The summed E-state index contributed by atoms with van der Waals surface area (Å²) in [7, 11) is 3.98. The van der Waals surface area contributed by atoms with Crippen LogP contribution < -0.4 is 16.0 Å². The summed E-state index contributed by atoms with van der Waals surface area (Å²) in [6.07, 6.45) is 5.76. The molecule has 5 rings (SSSR count). The zero-order chi connectivity index (χ0) is 27.4. The molecule has 0 atom stereocenters. The summed E-state index contributed by atoms with van der Waals surface area (Å²) in [5.74, 6) is 0.274. The van der Waals surface area contributed by atoms with Gasteiger partial charge in [0.2, 0.25) is 5.95 Å². The number of piperidine rings is 1. The van der Waals surface area contributed by atoms with E-state index in [-0.39, 0.29) is 11.9 Å². The first kappa shape index (κ1) is 26.8. The van der Waals surface area contributed by atoms with E-state index in [0.29, 0.717) is 40.8 Å². The van der Waals surface area contributed by atoms with Crippen molar-refractivity contribution in [1.29, 1.82) is 5.41 Å². The Morgan fingerprint density at radius 1 is 1.13 bits per heavy atom. The van der Waals surface area contributed by atoms with Gasteiger partial charge in [0.1, 0.15) is 0 Å². The van der Waals surface area contributed by atoms with Crippen molar-refractivity contribution in [3.05, 3.63) is 87.8 Å². The highest BCUT2D eigenvalue weighted by Gasteiger charge is 2.25. The molecule has 1 aliphatic heterocycles. The Balaban J connectivity index is 1.36. The van der Waals surface area contributed by atoms with Crippen LogP contribution in [0, 0.1) is 5.41 Å². The second-order valence-corrected chi connectivity index (χ2v) is 10.6. The summed E-state index contributed by atoms with van der Waals surface area (Å²) in [5.41, 5.74) is 6.40. The van der Waals surface area contributed by atoms with E-state index in [4.69, 9.17) is 22.0 Å². The number of allylic oxidation sites excluding steroid dienone is 2. The van der Waals surface area contributed by atoms with Gasteiger partial charge < -0.3 is 26.3 Å². The largest absolute Gasteiger partial charge is 0.391 e. The van der Waals surface area contributed by atoms with Crippen LogP contribution in [0.3, 0.4) is 0 Å². The third-order valence-corrected chi connectivity index (χ3v) is 7.72. The number of benzene rings is 2. The number of hydrogen-bond donors (Lipinski definition) is 4. The molecule has 0 spiro atoms. The number of likely N-dealkylation sites (N-methyl/N-ethyl adjacent to an activating group) is 1. The molecule has 0 saturated carbocycles. The number of anilines is 2. The molecule has 39 heavy (non-hydrogen) atoms. The van der Waals surface area contributed by atoms with Crippen LogP contribution in [-0.4, -0.2) is 59.7 Å². The molecule has 3 aromatic rings. The lowest BCUT2D eigenvalue weighted by Crippen LogP contribution is -2.43. The molecule has 1 saturated heterocycles. The van der Waals surface area contributed by atoms with Crippen LogP contribution in [0.5, 0.6) is 0 Å². The average molecular weight is 544 g/mol. The Morgan fingerprint density at radius 3 is 2.62 bits per heavy atom. The van der Waals surface area contributed by atoms with Crippen LogP contribution in [0.25, 0.3) is 5.57 Å². The van der Waals surface area contributed by atoms with Gasteiger partial charge in [0.25, 0.3) is 5.91 Å². The Bertz CT molecular complexity index is 1400. The van der Waals surface area contributed by atoms with Crippen molar-refractivity contribution in [1.82, 2.24) is 25.5 Å². The SMILES string of the molecule is CN/C(Cc1ccccc1)=C1\C(=N)CCc2cnc(Nc3ccc(C(=O)NC4CCN(C)CC4)cc3Cl)nc21. The van der Waals surface area contributed by atoms with Crippen molar-refractivity contribution in [2.75, 3.05) is 32.5 Å². The Morgan fingerprint density at radius 2 is 1.90 bits per heavy atom. The highest BCUT2D eigenvalue weighted by molar-refractivity contribution is 6.33. The molecule has 1 aromatic heterocycles. The molecule has 2 aromatic carbocycles. The van der Waals surface area contributed by atoms with Crippen LogP contribution >= 0.6 is 11.6 Å². The first-order valence-corrected chi connectivity index (χ1v) is 13.7. The molecule has 8 nitrogen and oxygen atoms in total. The fourth-order valence-corrected chi connectivity index (χ4v) is 5.35. The van der Waals surface area contributed by atoms with Gasteiger partial charge in [0, 0.05) is 48.3 Å². The summed E-state index contributed by atoms with van der Waals surface area (Å²) < 4.78 is 0. The molecule has 0 unspecified atom stereocenters. The van der Waals surface area contributed by atoms with Gasteiger partial charge in [-0.05, 0) is 75.1 Å². The third kappa shape index (κ3) is 6.29. The molecule has 4 N–H and O–H groups in total. The minimum absolute atomic E-state index is 0.116. The summed E-state index contributed by atoms with van der Waals surface area (Å²) >= 11 is 6.59. The third-order valence-electron chi connectivity index (χ3n) is 7.41. The van der Waals surface area contributed by atoms with Crippen LogP contribution in [-0.2, 0) is 12.8 Å². The molecule has 1 fully saturated rings. The molecule has 2 aliphatic rings. The molecule has 2 heterocycles. The normalized spacial score (nSPS) is 17.4. The summed E-state index contributed by atoms with van der Waals surface area (Å²) in [5, 5.41) is 18.8. The van der Waals surface area contributed by atoms with Gasteiger partial charge in [-0.1, -0.05) is 41.9 Å². The number of carbonyl (C=O) groups excluding carboxylic acids is 1. The zero-order valence-electron chi connectivity index (χ0n) is 22.4. The number of nitrogens with one attached hydrogen (secondary N) is 4. The number of likely N-dealkylation sites (tertiary alicyclic amines) is 1. The summed E-state index contributed by atoms with van der Waals surface area (Å²) in [6.45, 7) is 1.96. The van der Waals surface area contributed by atoms with Gasteiger partial charge in [0.15, 0.2) is 0 Å². The van der Waals surface area contributed by atoms with Crippen LogP contribution in [0.1, 0.15) is 46.4 Å². The fourth-order valence-electron chi connectivity index (χ4n) is 5.12. The maximum Gasteiger partial charge on any atom is 0.251 e. The first-order valence-electron chi connectivity index (χ1n) is 13.4. The van der Waals surface area contributed by atoms with E-state index < -0.39 is 0 Å². The number of halogens is 1.